The van der Waals surface area contributed by atoms with E-state index in [4.69, 9.17) is 17.3 Å². The van der Waals surface area contributed by atoms with Crippen molar-refractivity contribution in [2.75, 3.05) is 31.7 Å². The van der Waals surface area contributed by atoms with E-state index in [9.17, 15) is 0 Å². The first-order chi connectivity index (χ1) is 7.49. The summed E-state index contributed by atoms with van der Waals surface area (Å²) in [6, 6.07) is 5.93. The highest BCUT2D eigenvalue weighted by Crippen LogP contribution is 2.23. The third-order valence-corrected chi connectivity index (χ3v) is 2.66. The van der Waals surface area contributed by atoms with Gasteiger partial charge in [0.05, 0.1) is 11.4 Å². The molecule has 0 saturated heterocycles. The molecule has 1 atom stereocenters. The number of nitrogens with zero attached hydrogens (tertiary/aromatic N) is 1. The van der Waals surface area contributed by atoms with Crippen molar-refractivity contribution in [2.24, 2.45) is 0 Å². The molecular formula is C12H20ClN3. The molecule has 4 heteroatoms. The molecular weight excluding hydrogens is 222 g/mol. The average molecular weight is 242 g/mol. The molecule has 90 valence electrons. The Morgan fingerprint density at radius 1 is 1.44 bits per heavy atom. The van der Waals surface area contributed by atoms with Crippen molar-refractivity contribution < 1.29 is 0 Å². The van der Waals surface area contributed by atoms with Crippen LogP contribution < -0.4 is 11.1 Å². The summed E-state index contributed by atoms with van der Waals surface area (Å²) in [5.41, 5.74) is 7.52. The van der Waals surface area contributed by atoms with E-state index in [2.05, 4.69) is 31.2 Å². The van der Waals surface area contributed by atoms with Crippen molar-refractivity contribution in [3.63, 3.8) is 0 Å². The monoisotopic (exact) mass is 241 g/mol. The topological polar surface area (TPSA) is 41.3 Å². The van der Waals surface area contributed by atoms with Crippen LogP contribution in [0.3, 0.4) is 0 Å². The Morgan fingerprint density at radius 2 is 2.12 bits per heavy atom. The summed E-state index contributed by atoms with van der Waals surface area (Å²) in [5, 5.41) is 4.05. The van der Waals surface area contributed by atoms with Gasteiger partial charge in [-0.05, 0) is 52.2 Å². The van der Waals surface area contributed by atoms with Gasteiger partial charge in [-0.3, -0.25) is 0 Å². The lowest BCUT2D eigenvalue weighted by Gasteiger charge is -2.18. The molecule has 0 aliphatic rings. The maximum atomic E-state index is 5.87. The highest BCUT2D eigenvalue weighted by atomic mass is 35.5. The zero-order valence-corrected chi connectivity index (χ0v) is 10.9. The van der Waals surface area contributed by atoms with Crippen LogP contribution >= 0.6 is 11.6 Å². The maximum absolute atomic E-state index is 5.87. The summed E-state index contributed by atoms with van der Waals surface area (Å²) in [7, 11) is 4.15. The molecule has 16 heavy (non-hydrogen) atoms. The van der Waals surface area contributed by atoms with E-state index in [-0.39, 0.29) is 0 Å². The smallest absolute Gasteiger partial charge is 0.0577 e. The van der Waals surface area contributed by atoms with Crippen LogP contribution in [0, 0.1) is 0 Å². The highest BCUT2D eigenvalue weighted by molar-refractivity contribution is 6.31. The molecule has 0 aliphatic heterocycles. The van der Waals surface area contributed by atoms with Gasteiger partial charge < -0.3 is 16.0 Å². The fraction of sp³-hybridized carbons (Fsp3) is 0.500. The van der Waals surface area contributed by atoms with E-state index >= 15 is 0 Å². The molecule has 1 rings (SSSR count). The number of benzene rings is 1. The Balaban J connectivity index is 2.52. The van der Waals surface area contributed by atoms with Gasteiger partial charge in [0.15, 0.2) is 0 Å². The Hall–Kier alpha value is -0.930. The molecule has 0 spiro atoms. The molecule has 0 bridgehead atoms. The summed E-state index contributed by atoms with van der Waals surface area (Å²) < 4.78 is 0. The van der Waals surface area contributed by atoms with Gasteiger partial charge in [-0.25, -0.2) is 0 Å². The first kappa shape index (κ1) is 13.1. The molecule has 1 aromatic rings. The normalized spacial score (nSPS) is 12.8. The van der Waals surface area contributed by atoms with Gasteiger partial charge in [0.25, 0.3) is 0 Å². The number of hydrogen-bond donors (Lipinski definition) is 2. The van der Waals surface area contributed by atoms with Crippen LogP contribution in [-0.2, 0) is 0 Å². The summed E-state index contributed by atoms with van der Waals surface area (Å²) in [5.74, 6) is 0. The predicted octanol–water partition coefficient (Wildman–Crippen LogP) is 2.67. The fourth-order valence-electron chi connectivity index (χ4n) is 1.45. The molecule has 3 N–H and O–H groups in total. The van der Waals surface area contributed by atoms with E-state index in [0.717, 1.165) is 18.7 Å². The average Bonchev–Trinajstić information content (AvgIpc) is 2.19. The van der Waals surface area contributed by atoms with Gasteiger partial charge in [0.2, 0.25) is 0 Å². The van der Waals surface area contributed by atoms with Crippen LogP contribution in [0.2, 0.25) is 5.02 Å². The molecule has 0 aromatic heterocycles. The van der Waals surface area contributed by atoms with Gasteiger partial charge in [0.1, 0.15) is 0 Å². The number of hydrogen-bond acceptors (Lipinski definition) is 3. The van der Waals surface area contributed by atoms with Crippen molar-refractivity contribution in [1.82, 2.24) is 4.90 Å². The second-order valence-electron chi connectivity index (χ2n) is 4.37. The quantitative estimate of drug-likeness (QED) is 0.779. The zero-order chi connectivity index (χ0) is 12.1. The largest absolute Gasteiger partial charge is 0.397 e. The van der Waals surface area contributed by atoms with Gasteiger partial charge in [-0.15, -0.1) is 0 Å². The van der Waals surface area contributed by atoms with Crippen LogP contribution in [0.1, 0.15) is 13.3 Å². The third kappa shape index (κ3) is 4.29. The molecule has 0 aliphatic carbocycles. The molecule has 0 fully saturated rings. The first-order valence-electron chi connectivity index (χ1n) is 5.45. The van der Waals surface area contributed by atoms with E-state index in [0.29, 0.717) is 16.8 Å². The van der Waals surface area contributed by atoms with Gasteiger partial charge in [-0.2, -0.15) is 0 Å². The lowest BCUT2D eigenvalue weighted by atomic mass is 10.2. The molecule has 1 unspecified atom stereocenters. The van der Waals surface area contributed by atoms with Crippen molar-refractivity contribution in [1.29, 1.82) is 0 Å². The third-order valence-electron chi connectivity index (χ3n) is 2.42. The lowest BCUT2D eigenvalue weighted by Crippen LogP contribution is -2.23. The second-order valence-corrected chi connectivity index (χ2v) is 4.81. The standard InChI is InChI=1S/C12H20ClN3/c1-9(6-7-16(2)3)15-12-5-4-10(13)8-11(12)14/h4-5,8-9,15H,6-7,14H2,1-3H3. The van der Waals surface area contributed by atoms with E-state index in [1.54, 1.807) is 6.07 Å². The Labute approximate surface area is 103 Å². The molecule has 0 amide bonds. The lowest BCUT2D eigenvalue weighted by molar-refractivity contribution is 0.390. The summed E-state index contributed by atoms with van der Waals surface area (Å²) in [6.07, 6.45) is 1.08. The molecule has 0 heterocycles. The maximum Gasteiger partial charge on any atom is 0.0577 e. The summed E-state index contributed by atoms with van der Waals surface area (Å²) in [6.45, 7) is 3.21. The minimum atomic E-state index is 0.394. The zero-order valence-electron chi connectivity index (χ0n) is 10.1. The second kappa shape index (κ2) is 5.97. The SMILES string of the molecule is CC(CCN(C)C)Nc1ccc(Cl)cc1N. The van der Waals surface area contributed by atoms with Crippen molar-refractivity contribution in [2.45, 2.75) is 19.4 Å². The van der Waals surface area contributed by atoms with Crippen molar-refractivity contribution in [3.05, 3.63) is 23.2 Å². The first-order valence-corrected chi connectivity index (χ1v) is 5.83. The van der Waals surface area contributed by atoms with Gasteiger partial charge in [0, 0.05) is 11.1 Å². The predicted molar refractivity (Wildman–Crippen MR) is 72.1 cm³/mol. The number of nitrogens with one attached hydrogen (secondary N) is 1. The number of anilines is 2. The van der Waals surface area contributed by atoms with E-state index < -0.39 is 0 Å². The highest BCUT2D eigenvalue weighted by Gasteiger charge is 2.05. The number of nitrogens with two attached hydrogens (primary N) is 1. The van der Waals surface area contributed by atoms with Crippen LogP contribution in [-0.4, -0.2) is 31.6 Å². The van der Waals surface area contributed by atoms with Crippen LogP contribution in [0.25, 0.3) is 0 Å². The van der Waals surface area contributed by atoms with Crippen LogP contribution in [0.5, 0.6) is 0 Å². The van der Waals surface area contributed by atoms with Crippen molar-refractivity contribution >= 4 is 23.0 Å². The summed E-state index contributed by atoms with van der Waals surface area (Å²) in [4.78, 5) is 2.17. The minimum Gasteiger partial charge on any atom is -0.397 e. The molecule has 0 radical (unpaired) electrons. The Bertz CT molecular complexity index is 339. The van der Waals surface area contributed by atoms with Gasteiger partial charge >= 0.3 is 0 Å². The molecule has 1 aromatic carbocycles. The van der Waals surface area contributed by atoms with Crippen LogP contribution in [0.4, 0.5) is 11.4 Å². The summed E-state index contributed by atoms with van der Waals surface area (Å²) >= 11 is 5.84. The molecule has 3 nitrogen and oxygen atoms in total. The number of rotatable bonds is 5. The van der Waals surface area contributed by atoms with Crippen LogP contribution in [0.15, 0.2) is 18.2 Å². The van der Waals surface area contributed by atoms with E-state index in [1.807, 2.05) is 12.1 Å². The number of halogens is 1. The Kier molecular flexibility index (Phi) is 4.90. The number of nitrogen functional groups attached to an aromatic ring is 1. The minimum absolute atomic E-state index is 0.394. The van der Waals surface area contributed by atoms with E-state index in [1.165, 1.54) is 0 Å². The van der Waals surface area contributed by atoms with Gasteiger partial charge in [-0.1, -0.05) is 11.6 Å². The van der Waals surface area contributed by atoms with Crippen molar-refractivity contribution in [3.8, 4) is 0 Å². The molecule has 0 saturated carbocycles. The fourth-order valence-corrected chi connectivity index (χ4v) is 1.64. The Morgan fingerprint density at radius 3 is 2.69 bits per heavy atom.